The summed E-state index contributed by atoms with van der Waals surface area (Å²) in [7, 11) is 0. The van der Waals surface area contributed by atoms with E-state index < -0.39 is 0 Å². The Hall–Kier alpha value is -3.48. The number of hydrogen-bond donors (Lipinski definition) is 2. The van der Waals surface area contributed by atoms with E-state index in [0.717, 1.165) is 11.3 Å². The first-order valence-electron chi connectivity index (χ1n) is 7.00. The molecule has 23 heavy (non-hydrogen) atoms. The molecule has 4 aromatic rings. The molecule has 0 aliphatic heterocycles. The molecular weight excluding hydrogens is 292 g/mol. The quantitative estimate of drug-likeness (QED) is 0.601. The highest BCUT2D eigenvalue weighted by molar-refractivity contribution is 5.75. The summed E-state index contributed by atoms with van der Waals surface area (Å²) in [5, 5.41) is 18.4. The summed E-state index contributed by atoms with van der Waals surface area (Å²) < 4.78 is 5.34. The number of nitrogens with zero attached hydrogens (tertiary/aromatic N) is 4. The molecule has 112 valence electrons. The standard InChI is InChI=1S/C16H12N6O/c1-2-5-11(6-3-1)14-16(19-12-9-17-18-10-12)20-15(22-21-14)13-7-4-8-23-13/h1-10H,(H,17,18)(H,19,20,22). The van der Waals surface area contributed by atoms with Crippen LogP contribution < -0.4 is 5.32 Å². The van der Waals surface area contributed by atoms with Gasteiger partial charge in [-0.15, -0.1) is 10.2 Å². The lowest BCUT2D eigenvalue weighted by molar-refractivity contribution is 0.576. The number of furan rings is 1. The maximum atomic E-state index is 5.34. The topological polar surface area (TPSA) is 92.5 Å². The number of anilines is 2. The Morgan fingerprint density at radius 2 is 1.91 bits per heavy atom. The number of aromatic amines is 1. The number of nitrogens with one attached hydrogen (secondary N) is 2. The van der Waals surface area contributed by atoms with E-state index in [1.807, 2.05) is 30.3 Å². The van der Waals surface area contributed by atoms with Gasteiger partial charge < -0.3 is 9.73 Å². The molecule has 0 aliphatic rings. The van der Waals surface area contributed by atoms with Gasteiger partial charge in [0.2, 0.25) is 5.82 Å². The number of H-pyrrole nitrogens is 1. The molecule has 0 saturated carbocycles. The van der Waals surface area contributed by atoms with Crippen molar-refractivity contribution in [3.63, 3.8) is 0 Å². The molecule has 7 nitrogen and oxygen atoms in total. The molecule has 0 atom stereocenters. The zero-order valence-electron chi connectivity index (χ0n) is 12.0. The highest BCUT2D eigenvalue weighted by Crippen LogP contribution is 2.27. The Labute approximate surface area is 131 Å². The highest BCUT2D eigenvalue weighted by Gasteiger charge is 2.14. The first kappa shape index (κ1) is 13.2. The Bertz CT molecular complexity index is 888. The predicted molar refractivity (Wildman–Crippen MR) is 84.8 cm³/mol. The lowest BCUT2D eigenvalue weighted by atomic mass is 10.1. The number of aromatic nitrogens is 5. The van der Waals surface area contributed by atoms with Crippen LogP contribution in [-0.2, 0) is 0 Å². The van der Waals surface area contributed by atoms with E-state index >= 15 is 0 Å². The minimum atomic E-state index is 0.417. The van der Waals surface area contributed by atoms with E-state index in [4.69, 9.17) is 4.42 Å². The van der Waals surface area contributed by atoms with Crippen LogP contribution in [0.3, 0.4) is 0 Å². The molecule has 1 aromatic carbocycles. The van der Waals surface area contributed by atoms with Gasteiger partial charge in [0, 0.05) is 11.8 Å². The smallest absolute Gasteiger partial charge is 0.219 e. The summed E-state index contributed by atoms with van der Waals surface area (Å²) in [5.74, 6) is 1.56. The second-order valence-corrected chi connectivity index (χ2v) is 4.79. The Morgan fingerprint density at radius 3 is 2.65 bits per heavy atom. The minimum absolute atomic E-state index is 0.417. The molecule has 0 spiro atoms. The molecule has 7 heteroatoms. The molecule has 3 heterocycles. The average molecular weight is 304 g/mol. The predicted octanol–water partition coefficient (Wildman–Crippen LogP) is 3.27. The summed E-state index contributed by atoms with van der Waals surface area (Å²) in [6.07, 6.45) is 4.99. The number of benzene rings is 1. The summed E-state index contributed by atoms with van der Waals surface area (Å²) in [6, 6.07) is 13.3. The van der Waals surface area contributed by atoms with E-state index in [0.29, 0.717) is 23.1 Å². The van der Waals surface area contributed by atoms with Crippen LogP contribution in [-0.4, -0.2) is 25.4 Å². The molecule has 0 unspecified atom stereocenters. The minimum Gasteiger partial charge on any atom is -0.461 e. The van der Waals surface area contributed by atoms with Crippen LogP contribution in [0.1, 0.15) is 0 Å². The zero-order chi connectivity index (χ0) is 15.5. The van der Waals surface area contributed by atoms with Gasteiger partial charge in [-0.25, -0.2) is 4.98 Å². The lowest BCUT2D eigenvalue weighted by Crippen LogP contribution is -2.02. The van der Waals surface area contributed by atoms with Crippen LogP contribution in [0.25, 0.3) is 22.8 Å². The van der Waals surface area contributed by atoms with Crippen molar-refractivity contribution in [1.82, 2.24) is 25.4 Å². The van der Waals surface area contributed by atoms with E-state index in [2.05, 4.69) is 30.7 Å². The highest BCUT2D eigenvalue weighted by atomic mass is 16.3. The van der Waals surface area contributed by atoms with Gasteiger partial charge in [0.1, 0.15) is 5.69 Å². The van der Waals surface area contributed by atoms with Crippen molar-refractivity contribution in [2.75, 3.05) is 5.32 Å². The van der Waals surface area contributed by atoms with Gasteiger partial charge in [0.15, 0.2) is 11.6 Å². The second-order valence-electron chi connectivity index (χ2n) is 4.79. The first-order valence-corrected chi connectivity index (χ1v) is 7.00. The van der Waals surface area contributed by atoms with Crippen molar-refractivity contribution in [1.29, 1.82) is 0 Å². The first-order chi connectivity index (χ1) is 11.4. The maximum absolute atomic E-state index is 5.34. The van der Waals surface area contributed by atoms with Crippen LogP contribution >= 0.6 is 0 Å². The van der Waals surface area contributed by atoms with Gasteiger partial charge in [-0.1, -0.05) is 30.3 Å². The molecule has 0 aliphatic carbocycles. The number of rotatable bonds is 4. The Kier molecular flexibility index (Phi) is 3.28. The van der Waals surface area contributed by atoms with Gasteiger partial charge in [-0.3, -0.25) is 5.10 Å². The van der Waals surface area contributed by atoms with Crippen molar-refractivity contribution >= 4 is 11.5 Å². The zero-order valence-corrected chi connectivity index (χ0v) is 12.0. The van der Waals surface area contributed by atoms with Gasteiger partial charge in [0.25, 0.3) is 0 Å². The van der Waals surface area contributed by atoms with Crippen molar-refractivity contribution in [2.24, 2.45) is 0 Å². The third-order valence-corrected chi connectivity index (χ3v) is 3.24. The van der Waals surface area contributed by atoms with Gasteiger partial charge in [-0.2, -0.15) is 5.10 Å². The fourth-order valence-electron chi connectivity index (χ4n) is 2.17. The third kappa shape index (κ3) is 2.67. The van der Waals surface area contributed by atoms with Gasteiger partial charge in [0.05, 0.1) is 18.1 Å². The van der Waals surface area contributed by atoms with Crippen molar-refractivity contribution < 1.29 is 4.42 Å². The Balaban J connectivity index is 1.81. The van der Waals surface area contributed by atoms with E-state index in [1.165, 1.54) is 0 Å². The van der Waals surface area contributed by atoms with Crippen molar-refractivity contribution in [2.45, 2.75) is 0 Å². The van der Waals surface area contributed by atoms with Gasteiger partial charge >= 0.3 is 0 Å². The van der Waals surface area contributed by atoms with Crippen LogP contribution in [0.4, 0.5) is 11.5 Å². The molecule has 0 bridgehead atoms. The molecule has 0 saturated heterocycles. The molecule has 0 amide bonds. The molecule has 2 N–H and O–H groups in total. The van der Waals surface area contributed by atoms with Crippen LogP contribution in [0.15, 0.2) is 65.5 Å². The maximum Gasteiger partial charge on any atom is 0.219 e. The van der Waals surface area contributed by atoms with Crippen LogP contribution in [0.5, 0.6) is 0 Å². The largest absolute Gasteiger partial charge is 0.461 e. The number of hydrogen-bond acceptors (Lipinski definition) is 6. The summed E-state index contributed by atoms with van der Waals surface area (Å²) in [4.78, 5) is 4.55. The monoisotopic (exact) mass is 304 g/mol. The lowest BCUT2D eigenvalue weighted by Gasteiger charge is -2.09. The summed E-state index contributed by atoms with van der Waals surface area (Å²) in [6.45, 7) is 0. The molecular formula is C16H12N6O. The van der Waals surface area contributed by atoms with E-state index in [9.17, 15) is 0 Å². The SMILES string of the molecule is c1ccc(-c2nnc(-c3ccco3)nc2Nc2cn[nH]c2)cc1. The van der Waals surface area contributed by atoms with Crippen LogP contribution in [0.2, 0.25) is 0 Å². The van der Waals surface area contributed by atoms with E-state index in [-0.39, 0.29) is 0 Å². The fourth-order valence-corrected chi connectivity index (χ4v) is 2.17. The second kappa shape index (κ2) is 5.72. The summed E-state index contributed by atoms with van der Waals surface area (Å²) >= 11 is 0. The molecule has 4 rings (SSSR count). The third-order valence-electron chi connectivity index (χ3n) is 3.24. The molecule has 0 radical (unpaired) electrons. The van der Waals surface area contributed by atoms with Crippen LogP contribution in [0, 0.1) is 0 Å². The summed E-state index contributed by atoms with van der Waals surface area (Å²) in [5.41, 5.74) is 2.36. The molecule has 3 aromatic heterocycles. The Morgan fingerprint density at radius 1 is 1.00 bits per heavy atom. The van der Waals surface area contributed by atoms with Crippen molar-refractivity contribution in [3.05, 3.63) is 61.1 Å². The van der Waals surface area contributed by atoms with E-state index in [1.54, 1.807) is 30.8 Å². The van der Waals surface area contributed by atoms with Crippen molar-refractivity contribution in [3.8, 4) is 22.8 Å². The fraction of sp³-hybridized carbons (Fsp3) is 0. The normalized spacial score (nSPS) is 10.6. The molecule has 0 fully saturated rings. The van der Waals surface area contributed by atoms with Gasteiger partial charge in [-0.05, 0) is 12.1 Å². The average Bonchev–Trinajstić information content (AvgIpc) is 3.29.